The molecule has 4 nitrogen and oxygen atoms in total. The largest absolute Gasteiger partial charge is 0.314 e. The van der Waals surface area contributed by atoms with E-state index in [9.17, 15) is 8.42 Å². The number of nitrogens with zero attached hydrogens (tertiary/aromatic N) is 1. The highest BCUT2D eigenvalue weighted by molar-refractivity contribution is 7.89. The zero-order valence-electron chi connectivity index (χ0n) is 13.2. The molecule has 0 atom stereocenters. The van der Waals surface area contributed by atoms with Gasteiger partial charge < -0.3 is 5.32 Å². The summed E-state index contributed by atoms with van der Waals surface area (Å²) in [6, 6.07) is 7.60. The summed E-state index contributed by atoms with van der Waals surface area (Å²) in [7, 11) is -3.32. The fourth-order valence-corrected chi connectivity index (χ4v) is 4.09. The van der Waals surface area contributed by atoms with Crippen LogP contribution in [0, 0.1) is 12.8 Å². The van der Waals surface area contributed by atoms with Crippen molar-refractivity contribution in [3.63, 3.8) is 0 Å². The van der Waals surface area contributed by atoms with E-state index in [4.69, 9.17) is 0 Å². The van der Waals surface area contributed by atoms with Crippen LogP contribution in [-0.4, -0.2) is 38.4 Å². The van der Waals surface area contributed by atoms with Gasteiger partial charge in [-0.2, -0.15) is 4.31 Å². The third-order valence-corrected chi connectivity index (χ3v) is 5.96. The van der Waals surface area contributed by atoms with Crippen molar-refractivity contribution in [1.82, 2.24) is 9.62 Å². The van der Waals surface area contributed by atoms with Crippen LogP contribution in [0.15, 0.2) is 29.2 Å². The molecule has 5 heteroatoms. The van der Waals surface area contributed by atoms with E-state index in [0.717, 1.165) is 24.9 Å². The molecule has 0 radical (unpaired) electrons. The second-order valence-electron chi connectivity index (χ2n) is 6.22. The number of benzene rings is 1. The Hall–Kier alpha value is -0.910. The lowest BCUT2D eigenvalue weighted by Gasteiger charge is -2.31. The minimum atomic E-state index is -3.32. The molecule has 0 spiro atoms. The molecule has 1 fully saturated rings. The Bertz CT molecular complexity index is 544. The third-order valence-electron chi connectivity index (χ3n) is 4.05. The Morgan fingerprint density at radius 2 is 1.76 bits per heavy atom. The van der Waals surface area contributed by atoms with Crippen molar-refractivity contribution in [2.45, 2.75) is 44.6 Å². The Balaban J connectivity index is 1.96. The molecule has 2 rings (SSSR count). The Labute approximate surface area is 128 Å². The standard InChI is InChI=1S/C16H26N2O2S/c1-13(2)17-12-15-8-10-18(11-9-15)21(19,20)16-6-4-14(3)5-7-16/h4-7,13,15,17H,8-12H2,1-3H3. The number of nitrogens with one attached hydrogen (secondary N) is 1. The van der Waals surface area contributed by atoms with Crippen molar-refractivity contribution in [2.75, 3.05) is 19.6 Å². The van der Waals surface area contributed by atoms with E-state index >= 15 is 0 Å². The topological polar surface area (TPSA) is 49.4 Å². The van der Waals surface area contributed by atoms with E-state index in [1.807, 2.05) is 19.1 Å². The highest BCUT2D eigenvalue weighted by Gasteiger charge is 2.29. The van der Waals surface area contributed by atoms with E-state index in [-0.39, 0.29) is 0 Å². The van der Waals surface area contributed by atoms with Crippen LogP contribution in [0.4, 0.5) is 0 Å². The van der Waals surface area contributed by atoms with Gasteiger partial charge in [0, 0.05) is 19.1 Å². The van der Waals surface area contributed by atoms with Crippen LogP contribution in [-0.2, 0) is 10.0 Å². The van der Waals surface area contributed by atoms with Gasteiger partial charge in [-0.05, 0) is 44.4 Å². The minimum Gasteiger partial charge on any atom is -0.314 e. The Morgan fingerprint density at radius 1 is 1.19 bits per heavy atom. The SMILES string of the molecule is Cc1ccc(S(=O)(=O)N2CCC(CNC(C)C)CC2)cc1. The smallest absolute Gasteiger partial charge is 0.243 e. The predicted molar refractivity (Wildman–Crippen MR) is 85.8 cm³/mol. The molecule has 0 bridgehead atoms. The lowest BCUT2D eigenvalue weighted by atomic mass is 9.98. The highest BCUT2D eigenvalue weighted by atomic mass is 32.2. The first-order valence-corrected chi connectivity index (χ1v) is 9.14. The van der Waals surface area contributed by atoms with Crippen molar-refractivity contribution in [3.05, 3.63) is 29.8 Å². The first-order valence-electron chi connectivity index (χ1n) is 7.70. The average molecular weight is 310 g/mol. The summed E-state index contributed by atoms with van der Waals surface area (Å²) < 4.78 is 26.8. The minimum absolute atomic E-state index is 0.409. The molecule has 0 amide bonds. The van der Waals surface area contributed by atoms with Crippen LogP contribution in [0.2, 0.25) is 0 Å². The van der Waals surface area contributed by atoms with E-state index in [0.29, 0.717) is 29.9 Å². The van der Waals surface area contributed by atoms with Crippen LogP contribution in [0.3, 0.4) is 0 Å². The summed E-state index contributed by atoms with van der Waals surface area (Å²) in [5, 5.41) is 3.44. The number of sulfonamides is 1. The van der Waals surface area contributed by atoms with Crippen molar-refractivity contribution in [1.29, 1.82) is 0 Å². The van der Waals surface area contributed by atoms with E-state index < -0.39 is 10.0 Å². The van der Waals surface area contributed by atoms with Crippen molar-refractivity contribution in [2.24, 2.45) is 5.92 Å². The summed E-state index contributed by atoms with van der Waals surface area (Å²) in [4.78, 5) is 0.409. The van der Waals surface area contributed by atoms with Gasteiger partial charge in [-0.1, -0.05) is 31.5 Å². The van der Waals surface area contributed by atoms with E-state index in [1.165, 1.54) is 0 Å². The molecule has 1 aromatic carbocycles. The molecule has 1 N–H and O–H groups in total. The average Bonchev–Trinajstić information content (AvgIpc) is 2.46. The molecule has 21 heavy (non-hydrogen) atoms. The number of hydrogen-bond donors (Lipinski definition) is 1. The van der Waals surface area contributed by atoms with Crippen LogP contribution in [0.1, 0.15) is 32.3 Å². The van der Waals surface area contributed by atoms with Gasteiger partial charge in [-0.25, -0.2) is 8.42 Å². The second-order valence-corrected chi connectivity index (χ2v) is 8.16. The Morgan fingerprint density at radius 3 is 2.29 bits per heavy atom. The fourth-order valence-electron chi connectivity index (χ4n) is 2.62. The monoisotopic (exact) mass is 310 g/mol. The molecule has 0 aliphatic carbocycles. The molecule has 0 saturated carbocycles. The molecule has 1 aromatic rings. The van der Waals surface area contributed by atoms with Crippen LogP contribution in [0.25, 0.3) is 0 Å². The lowest BCUT2D eigenvalue weighted by molar-refractivity contribution is 0.264. The maximum Gasteiger partial charge on any atom is 0.243 e. The Kier molecular flexibility index (Phi) is 5.41. The summed E-state index contributed by atoms with van der Waals surface area (Å²) in [6.07, 6.45) is 1.87. The molecule has 0 unspecified atom stereocenters. The van der Waals surface area contributed by atoms with Crippen molar-refractivity contribution >= 4 is 10.0 Å². The van der Waals surface area contributed by atoms with Gasteiger partial charge >= 0.3 is 0 Å². The fraction of sp³-hybridized carbons (Fsp3) is 0.625. The van der Waals surface area contributed by atoms with Crippen LogP contribution < -0.4 is 5.32 Å². The molecule has 0 aromatic heterocycles. The summed E-state index contributed by atoms with van der Waals surface area (Å²) in [5.74, 6) is 0.580. The molecule has 1 heterocycles. The lowest BCUT2D eigenvalue weighted by Crippen LogP contribution is -2.41. The molecule has 1 aliphatic rings. The highest BCUT2D eigenvalue weighted by Crippen LogP contribution is 2.23. The first kappa shape index (κ1) is 16.5. The zero-order chi connectivity index (χ0) is 15.5. The van der Waals surface area contributed by atoms with Crippen molar-refractivity contribution < 1.29 is 8.42 Å². The number of rotatable bonds is 5. The third kappa shape index (κ3) is 4.28. The quantitative estimate of drug-likeness (QED) is 0.908. The number of piperidine rings is 1. The number of aryl methyl sites for hydroxylation is 1. The zero-order valence-corrected chi connectivity index (χ0v) is 14.0. The maximum atomic E-state index is 12.6. The second kappa shape index (κ2) is 6.90. The van der Waals surface area contributed by atoms with Crippen molar-refractivity contribution in [3.8, 4) is 0 Å². The first-order chi connectivity index (χ1) is 9.89. The molecular formula is C16H26N2O2S. The maximum absolute atomic E-state index is 12.6. The molecule has 118 valence electrons. The molecule has 1 saturated heterocycles. The van der Waals surface area contributed by atoms with Gasteiger partial charge in [0.25, 0.3) is 0 Å². The van der Waals surface area contributed by atoms with Gasteiger partial charge in [0.05, 0.1) is 4.90 Å². The van der Waals surface area contributed by atoms with Gasteiger partial charge in [-0.3, -0.25) is 0 Å². The van der Waals surface area contributed by atoms with Crippen LogP contribution >= 0.6 is 0 Å². The van der Waals surface area contributed by atoms with Gasteiger partial charge in [0.1, 0.15) is 0 Å². The normalized spacial score (nSPS) is 18.3. The van der Waals surface area contributed by atoms with Gasteiger partial charge in [0.15, 0.2) is 0 Å². The number of hydrogen-bond acceptors (Lipinski definition) is 3. The van der Waals surface area contributed by atoms with Gasteiger partial charge in [0.2, 0.25) is 10.0 Å². The van der Waals surface area contributed by atoms with Gasteiger partial charge in [-0.15, -0.1) is 0 Å². The van der Waals surface area contributed by atoms with Crippen LogP contribution in [0.5, 0.6) is 0 Å². The summed E-state index contributed by atoms with van der Waals surface area (Å²) in [6.45, 7) is 8.47. The summed E-state index contributed by atoms with van der Waals surface area (Å²) >= 11 is 0. The predicted octanol–water partition coefficient (Wildman–Crippen LogP) is 2.39. The van der Waals surface area contributed by atoms with E-state index in [1.54, 1.807) is 16.4 Å². The molecular weight excluding hydrogens is 284 g/mol. The summed E-state index contributed by atoms with van der Waals surface area (Å²) in [5.41, 5.74) is 1.08. The van der Waals surface area contributed by atoms with E-state index in [2.05, 4.69) is 19.2 Å². The molecule has 1 aliphatic heterocycles.